The number of hydrogen-bond acceptors (Lipinski definition) is 4. The second-order valence-electron chi connectivity index (χ2n) is 4.87. The Morgan fingerprint density at radius 3 is 2.67 bits per heavy atom. The quantitative estimate of drug-likeness (QED) is 0.681. The van der Waals surface area contributed by atoms with E-state index in [1.54, 1.807) is 6.20 Å². The predicted molar refractivity (Wildman–Crippen MR) is 73.6 cm³/mol. The molecule has 18 heavy (non-hydrogen) atoms. The van der Waals surface area contributed by atoms with Crippen LogP contribution >= 0.6 is 15.9 Å². The molecule has 0 spiro atoms. The molecule has 1 N–H and O–H groups in total. The molecule has 1 aromatic heterocycles. The molecule has 1 heterocycles. The first-order valence-corrected chi connectivity index (χ1v) is 6.91. The molecule has 6 heteroatoms. The van der Waals surface area contributed by atoms with Crippen LogP contribution in [-0.4, -0.2) is 15.9 Å². The fourth-order valence-corrected chi connectivity index (χ4v) is 2.75. The third-order valence-corrected chi connectivity index (χ3v) is 4.04. The van der Waals surface area contributed by atoms with E-state index in [1.807, 2.05) is 0 Å². The van der Waals surface area contributed by atoms with Gasteiger partial charge in [0.1, 0.15) is 11.9 Å². The van der Waals surface area contributed by atoms with Crippen molar-refractivity contribution in [3.8, 4) is 0 Å². The number of aromatic nitrogens is 1. The molecule has 0 aromatic carbocycles. The van der Waals surface area contributed by atoms with Crippen molar-refractivity contribution in [3.63, 3.8) is 0 Å². The smallest absolute Gasteiger partial charge is 0.311 e. The summed E-state index contributed by atoms with van der Waals surface area (Å²) < 4.78 is 0.648. The van der Waals surface area contributed by atoms with Crippen LogP contribution in [0.4, 0.5) is 11.4 Å². The number of nitrogens with zero attached hydrogens (tertiary/aromatic N) is 2. The minimum absolute atomic E-state index is 0.0306. The van der Waals surface area contributed by atoms with Crippen molar-refractivity contribution in [2.24, 2.45) is 5.92 Å². The van der Waals surface area contributed by atoms with Crippen molar-refractivity contribution in [2.75, 3.05) is 5.32 Å². The summed E-state index contributed by atoms with van der Waals surface area (Å²) in [5, 5.41) is 14.3. The average molecular weight is 314 g/mol. The molecule has 1 saturated carbocycles. The Balaban J connectivity index is 2.15. The first-order valence-electron chi connectivity index (χ1n) is 6.12. The standard InChI is InChI=1S/C12H16BrN3O2/c1-8-2-4-9(5-3-8)15-12-10(13)6-14-7-11(12)16(17)18/h6-9H,2-5H2,1H3,(H,14,15). The van der Waals surface area contributed by atoms with Crippen LogP contribution in [0.2, 0.25) is 0 Å². The first-order chi connectivity index (χ1) is 8.58. The van der Waals surface area contributed by atoms with Gasteiger partial charge in [-0.25, -0.2) is 0 Å². The molecule has 0 saturated heterocycles. The van der Waals surface area contributed by atoms with E-state index in [-0.39, 0.29) is 5.69 Å². The van der Waals surface area contributed by atoms with E-state index >= 15 is 0 Å². The molecule has 0 atom stereocenters. The topological polar surface area (TPSA) is 68.1 Å². The summed E-state index contributed by atoms with van der Waals surface area (Å²) in [5.41, 5.74) is 0.581. The van der Waals surface area contributed by atoms with Crippen LogP contribution in [0.25, 0.3) is 0 Å². The molecule has 0 bridgehead atoms. The van der Waals surface area contributed by atoms with Crippen LogP contribution in [0.1, 0.15) is 32.6 Å². The molecule has 0 radical (unpaired) electrons. The SMILES string of the molecule is CC1CCC(Nc2c(Br)cncc2[N+](=O)[O-])CC1. The molecule has 1 aliphatic rings. The maximum absolute atomic E-state index is 11.0. The van der Waals surface area contributed by atoms with Gasteiger partial charge >= 0.3 is 5.69 Å². The van der Waals surface area contributed by atoms with Crippen LogP contribution in [0, 0.1) is 16.0 Å². The normalized spacial score (nSPS) is 23.7. The van der Waals surface area contributed by atoms with Gasteiger partial charge in [-0.15, -0.1) is 0 Å². The monoisotopic (exact) mass is 313 g/mol. The molecule has 0 aliphatic heterocycles. The summed E-state index contributed by atoms with van der Waals surface area (Å²) in [5.74, 6) is 0.763. The zero-order valence-corrected chi connectivity index (χ0v) is 11.8. The fraction of sp³-hybridized carbons (Fsp3) is 0.583. The lowest BCUT2D eigenvalue weighted by molar-refractivity contribution is -0.384. The molecule has 0 unspecified atom stereocenters. The predicted octanol–water partition coefficient (Wildman–Crippen LogP) is 3.74. The summed E-state index contributed by atoms with van der Waals surface area (Å²) >= 11 is 3.32. The highest BCUT2D eigenvalue weighted by Crippen LogP contribution is 2.34. The fourth-order valence-electron chi connectivity index (χ4n) is 2.31. The molecule has 1 aliphatic carbocycles. The average Bonchev–Trinajstić information content (AvgIpc) is 2.34. The van der Waals surface area contributed by atoms with Gasteiger partial charge in [0, 0.05) is 12.2 Å². The summed E-state index contributed by atoms with van der Waals surface area (Å²) in [6.07, 6.45) is 7.35. The van der Waals surface area contributed by atoms with Crippen molar-refractivity contribution in [1.82, 2.24) is 4.98 Å². The van der Waals surface area contributed by atoms with Gasteiger partial charge < -0.3 is 5.32 Å². The number of anilines is 1. The van der Waals surface area contributed by atoms with Crippen molar-refractivity contribution < 1.29 is 4.92 Å². The Kier molecular flexibility index (Phi) is 4.16. The first kappa shape index (κ1) is 13.3. The molecule has 98 valence electrons. The molecule has 5 nitrogen and oxygen atoms in total. The van der Waals surface area contributed by atoms with Crippen LogP contribution in [0.15, 0.2) is 16.9 Å². The highest BCUT2D eigenvalue weighted by Gasteiger charge is 2.23. The highest BCUT2D eigenvalue weighted by atomic mass is 79.9. The second kappa shape index (κ2) is 5.65. The van der Waals surface area contributed by atoms with Crippen molar-refractivity contribution in [3.05, 3.63) is 27.0 Å². The van der Waals surface area contributed by atoms with E-state index < -0.39 is 4.92 Å². The largest absolute Gasteiger partial charge is 0.376 e. The summed E-state index contributed by atoms with van der Waals surface area (Å²) in [4.78, 5) is 14.4. The number of halogens is 1. The zero-order chi connectivity index (χ0) is 13.1. The molecule has 2 rings (SSSR count). The second-order valence-corrected chi connectivity index (χ2v) is 5.73. The van der Waals surface area contributed by atoms with E-state index in [0.29, 0.717) is 16.2 Å². The lowest BCUT2D eigenvalue weighted by Crippen LogP contribution is -2.25. The number of pyridine rings is 1. The molecular weight excluding hydrogens is 298 g/mol. The van der Waals surface area contributed by atoms with Crippen LogP contribution in [0.5, 0.6) is 0 Å². The van der Waals surface area contributed by atoms with Gasteiger partial charge in [-0.05, 0) is 47.5 Å². The highest BCUT2D eigenvalue weighted by molar-refractivity contribution is 9.10. The molecule has 1 fully saturated rings. The van der Waals surface area contributed by atoms with Crippen LogP contribution in [0.3, 0.4) is 0 Å². The maximum Gasteiger partial charge on any atom is 0.311 e. The molecule has 1 aromatic rings. The van der Waals surface area contributed by atoms with Crippen molar-refractivity contribution in [2.45, 2.75) is 38.6 Å². The lowest BCUT2D eigenvalue weighted by atomic mass is 9.87. The van der Waals surface area contributed by atoms with E-state index in [9.17, 15) is 10.1 Å². The van der Waals surface area contributed by atoms with Gasteiger partial charge in [0.05, 0.1) is 9.40 Å². The summed E-state index contributed by atoms with van der Waals surface area (Å²) in [7, 11) is 0. The molecule has 0 amide bonds. The van der Waals surface area contributed by atoms with Crippen LogP contribution < -0.4 is 5.32 Å². The Morgan fingerprint density at radius 2 is 2.06 bits per heavy atom. The van der Waals surface area contributed by atoms with E-state index in [0.717, 1.165) is 18.8 Å². The lowest BCUT2D eigenvalue weighted by Gasteiger charge is -2.27. The summed E-state index contributed by atoms with van der Waals surface area (Å²) in [6, 6.07) is 0.318. The Hall–Kier alpha value is -1.17. The van der Waals surface area contributed by atoms with Crippen molar-refractivity contribution in [1.29, 1.82) is 0 Å². The summed E-state index contributed by atoms with van der Waals surface area (Å²) in [6.45, 7) is 2.25. The van der Waals surface area contributed by atoms with Gasteiger partial charge in [-0.3, -0.25) is 15.1 Å². The van der Waals surface area contributed by atoms with Crippen LogP contribution in [-0.2, 0) is 0 Å². The molecular formula is C12H16BrN3O2. The third-order valence-electron chi connectivity index (χ3n) is 3.44. The number of rotatable bonds is 3. The van der Waals surface area contributed by atoms with Gasteiger partial charge in [-0.1, -0.05) is 6.92 Å². The third kappa shape index (κ3) is 2.98. The number of hydrogen-bond donors (Lipinski definition) is 1. The number of nitro groups is 1. The number of nitrogens with one attached hydrogen (secondary N) is 1. The zero-order valence-electron chi connectivity index (χ0n) is 10.2. The minimum Gasteiger partial charge on any atom is -0.376 e. The Labute approximate surface area is 114 Å². The van der Waals surface area contributed by atoms with Crippen molar-refractivity contribution >= 4 is 27.3 Å². The van der Waals surface area contributed by atoms with Gasteiger partial charge in [0.15, 0.2) is 0 Å². The Bertz CT molecular complexity index is 445. The Morgan fingerprint density at radius 1 is 1.39 bits per heavy atom. The minimum atomic E-state index is -0.397. The van der Waals surface area contributed by atoms with E-state index in [1.165, 1.54) is 19.0 Å². The van der Waals surface area contributed by atoms with E-state index in [2.05, 4.69) is 33.2 Å². The van der Waals surface area contributed by atoms with E-state index in [4.69, 9.17) is 0 Å². The van der Waals surface area contributed by atoms with Gasteiger partial charge in [0.2, 0.25) is 0 Å². The maximum atomic E-state index is 11.0. The van der Waals surface area contributed by atoms with Gasteiger partial charge in [0.25, 0.3) is 0 Å². The van der Waals surface area contributed by atoms with Gasteiger partial charge in [-0.2, -0.15) is 0 Å².